The molecule has 0 atom stereocenters. The van der Waals surface area contributed by atoms with E-state index in [1.54, 1.807) is 24.3 Å². The van der Waals surface area contributed by atoms with Crippen LogP contribution in [-0.4, -0.2) is 11.1 Å². The summed E-state index contributed by atoms with van der Waals surface area (Å²) in [7, 11) is 0. The van der Waals surface area contributed by atoms with E-state index in [0.717, 1.165) is 12.7 Å². The molecule has 0 bridgehead atoms. The highest BCUT2D eigenvalue weighted by atomic mass is 127. The monoisotopic (exact) mass is 598 g/mol. The van der Waals surface area contributed by atoms with Gasteiger partial charge in [0.1, 0.15) is 11.5 Å². The van der Waals surface area contributed by atoms with Crippen LogP contribution in [0.5, 0.6) is 0 Å². The van der Waals surface area contributed by atoms with E-state index in [1.807, 2.05) is 31.2 Å². The third-order valence-electron chi connectivity index (χ3n) is 4.32. The van der Waals surface area contributed by atoms with Gasteiger partial charge >= 0.3 is 0 Å². The Kier molecular flexibility index (Phi) is 5.37. The van der Waals surface area contributed by atoms with Gasteiger partial charge in [-0.2, -0.15) is 0 Å². The summed E-state index contributed by atoms with van der Waals surface area (Å²) in [6, 6.07) is 15.7. The Morgan fingerprint density at radius 2 is 1.79 bits per heavy atom. The number of carbonyl (C=O) groups excluding carboxylic acids is 1. The van der Waals surface area contributed by atoms with Gasteiger partial charge in [0, 0.05) is 30.0 Å². The lowest BCUT2D eigenvalue weighted by Gasteiger charge is -2.09. The van der Waals surface area contributed by atoms with Crippen molar-refractivity contribution in [3.8, 4) is 11.3 Å². The molecule has 4 rings (SSSR count). The summed E-state index contributed by atoms with van der Waals surface area (Å²) in [5.41, 5.74) is 3.36. The molecule has 1 heterocycles. The molecule has 1 amide bonds. The molecule has 28 heavy (non-hydrogen) atoms. The molecule has 1 aromatic heterocycles. The molecule has 7 heteroatoms. The molecule has 3 aromatic carbocycles. The molecule has 0 saturated carbocycles. The Balaban J connectivity index is 1.71. The summed E-state index contributed by atoms with van der Waals surface area (Å²) in [5.74, 6) is -0.561. The van der Waals surface area contributed by atoms with Crippen LogP contribution in [0.25, 0.3) is 22.2 Å². The van der Waals surface area contributed by atoms with E-state index in [1.165, 1.54) is 6.07 Å². The number of aromatic nitrogens is 1. The minimum absolute atomic E-state index is 0.201. The van der Waals surface area contributed by atoms with Crippen LogP contribution >= 0.6 is 45.2 Å². The van der Waals surface area contributed by atoms with E-state index in [0.29, 0.717) is 33.5 Å². The number of hydrogen-bond donors (Lipinski definition) is 1. The van der Waals surface area contributed by atoms with Crippen LogP contribution in [0.4, 0.5) is 10.1 Å². The topological polar surface area (TPSA) is 55.1 Å². The van der Waals surface area contributed by atoms with Crippen molar-refractivity contribution in [2.24, 2.45) is 0 Å². The minimum Gasteiger partial charge on any atom is -0.356 e. The van der Waals surface area contributed by atoms with Crippen molar-refractivity contribution >= 4 is 67.7 Å². The molecule has 0 saturated heterocycles. The Bertz CT molecular complexity index is 1200. The number of rotatable bonds is 3. The number of carbonyl (C=O) groups is 1. The quantitative estimate of drug-likeness (QED) is 0.278. The van der Waals surface area contributed by atoms with E-state index in [4.69, 9.17) is 4.52 Å². The largest absolute Gasteiger partial charge is 0.356 e. The lowest BCUT2D eigenvalue weighted by atomic mass is 10.0. The number of hydrogen-bond acceptors (Lipinski definition) is 3. The van der Waals surface area contributed by atoms with Crippen LogP contribution < -0.4 is 5.32 Å². The molecule has 0 radical (unpaired) electrons. The van der Waals surface area contributed by atoms with Crippen LogP contribution in [0.15, 0.2) is 59.1 Å². The summed E-state index contributed by atoms with van der Waals surface area (Å²) in [4.78, 5) is 12.7. The number of amides is 1. The number of fused-ring (bicyclic) bond motifs is 1. The van der Waals surface area contributed by atoms with Gasteiger partial charge < -0.3 is 9.84 Å². The Morgan fingerprint density at radius 3 is 2.50 bits per heavy atom. The summed E-state index contributed by atoms with van der Waals surface area (Å²) >= 11 is 4.37. The average Bonchev–Trinajstić information content (AvgIpc) is 3.04. The van der Waals surface area contributed by atoms with E-state index in [2.05, 4.69) is 55.7 Å². The van der Waals surface area contributed by atoms with Gasteiger partial charge in [0.2, 0.25) is 0 Å². The third-order valence-corrected chi connectivity index (χ3v) is 5.56. The zero-order valence-corrected chi connectivity index (χ0v) is 18.9. The van der Waals surface area contributed by atoms with Gasteiger partial charge in [0.05, 0.1) is 5.39 Å². The highest BCUT2D eigenvalue weighted by Crippen LogP contribution is 2.33. The van der Waals surface area contributed by atoms with Gasteiger partial charge in [-0.25, -0.2) is 4.39 Å². The van der Waals surface area contributed by atoms with E-state index < -0.39 is 0 Å². The van der Waals surface area contributed by atoms with Crippen LogP contribution in [-0.2, 0) is 0 Å². The predicted molar refractivity (Wildman–Crippen MR) is 124 cm³/mol. The summed E-state index contributed by atoms with van der Waals surface area (Å²) < 4.78 is 21.5. The third kappa shape index (κ3) is 3.77. The van der Waals surface area contributed by atoms with Crippen molar-refractivity contribution < 1.29 is 13.7 Å². The molecular formula is C21H13FI2N2O2. The lowest BCUT2D eigenvalue weighted by Crippen LogP contribution is -2.13. The maximum Gasteiger partial charge on any atom is 0.255 e. The molecule has 0 spiro atoms. The Labute approximate surface area is 187 Å². The first-order valence-electron chi connectivity index (χ1n) is 8.35. The molecular weight excluding hydrogens is 585 g/mol. The normalized spacial score (nSPS) is 11.0. The van der Waals surface area contributed by atoms with Crippen molar-refractivity contribution in [3.05, 3.63) is 78.7 Å². The highest BCUT2D eigenvalue weighted by molar-refractivity contribution is 14.1. The van der Waals surface area contributed by atoms with Crippen LogP contribution in [0.3, 0.4) is 0 Å². The summed E-state index contributed by atoms with van der Waals surface area (Å²) in [6.45, 7) is 1.88. The second-order valence-electron chi connectivity index (χ2n) is 6.29. The number of anilines is 1. The molecule has 0 aliphatic carbocycles. The maximum atomic E-state index is 14.1. The Hall–Kier alpha value is -2.01. The van der Waals surface area contributed by atoms with E-state index in [-0.39, 0.29) is 11.7 Å². The number of nitrogens with one attached hydrogen (secondary N) is 1. The molecule has 0 aliphatic rings. The first-order valence-corrected chi connectivity index (χ1v) is 10.5. The lowest BCUT2D eigenvalue weighted by molar-refractivity contribution is 0.102. The smallest absolute Gasteiger partial charge is 0.255 e. The standard InChI is InChI=1S/C21H13FI2N2O2/c1-11-6-16-19(28-26-20(16)15-4-2-3-5-17(15)22)10-18(11)25-21(27)12-7-13(23)9-14(24)8-12/h2-10H,1H3,(H,25,27). The fourth-order valence-corrected chi connectivity index (χ4v) is 4.89. The van der Waals surface area contributed by atoms with Crippen molar-refractivity contribution in [2.45, 2.75) is 6.92 Å². The zero-order chi connectivity index (χ0) is 19.8. The second-order valence-corrected chi connectivity index (χ2v) is 8.78. The van der Waals surface area contributed by atoms with Gasteiger partial charge in [-0.3, -0.25) is 4.79 Å². The van der Waals surface area contributed by atoms with Crippen LogP contribution in [0.2, 0.25) is 0 Å². The number of nitrogens with zero attached hydrogens (tertiary/aromatic N) is 1. The zero-order valence-electron chi connectivity index (χ0n) is 14.6. The molecule has 140 valence electrons. The number of benzene rings is 3. The van der Waals surface area contributed by atoms with Gasteiger partial charge in [-0.15, -0.1) is 0 Å². The second kappa shape index (κ2) is 7.78. The molecule has 0 unspecified atom stereocenters. The maximum absolute atomic E-state index is 14.1. The van der Waals surface area contributed by atoms with Crippen molar-refractivity contribution in [1.82, 2.24) is 5.16 Å². The SMILES string of the molecule is Cc1cc2c(-c3ccccc3F)noc2cc1NC(=O)c1cc(I)cc(I)c1. The van der Waals surface area contributed by atoms with Crippen molar-refractivity contribution in [1.29, 1.82) is 0 Å². The van der Waals surface area contributed by atoms with Gasteiger partial charge in [0.15, 0.2) is 5.58 Å². The molecule has 4 nitrogen and oxygen atoms in total. The van der Waals surface area contributed by atoms with Crippen molar-refractivity contribution in [3.63, 3.8) is 0 Å². The predicted octanol–water partition coefficient (Wildman–Crippen LogP) is 6.40. The average molecular weight is 598 g/mol. The number of aryl methyl sites for hydroxylation is 1. The first-order chi connectivity index (χ1) is 13.4. The van der Waals surface area contributed by atoms with Gasteiger partial charge in [0.25, 0.3) is 5.91 Å². The molecule has 0 fully saturated rings. The van der Waals surface area contributed by atoms with Crippen LogP contribution in [0.1, 0.15) is 15.9 Å². The first kappa shape index (κ1) is 19.3. The van der Waals surface area contributed by atoms with E-state index in [9.17, 15) is 9.18 Å². The molecule has 1 N–H and O–H groups in total. The highest BCUT2D eigenvalue weighted by Gasteiger charge is 2.17. The Morgan fingerprint density at radius 1 is 1.07 bits per heavy atom. The van der Waals surface area contributed by atoms with Crippen LogP contribution in [0, 0.1) is 19.9 Å². The van der Waals surface area contributed by atoms with Gasteiger partial charge in [-0.05, 0) is 94.1 Å². The van der Waals surface area contributed by atoms with Gasteiger partial charge in [-0.1, -0.05) is 17.3 Å². The van der Waals surface area contributed by atoms with E-state index >= 15 is 0 Å². The number of halogens is 3. The minimum atomic E-state index is -0.360. The molecule has 4 aromatic rings. The fourth-order valence-electron chi connectivity index (χ4n) is 2.95. The summed E-state index contributed by atoms with van der Waals surface area (Å²) in [6.07, 6.45) is 0. The van der Waals surface area contributed by atoms with Crippen molar-refractivity contribution in [2.75, 3.05) is 5.32 Å². The summed E-state index contributed by atoms with van der Waals surface area (Å²) in [5, 5.41) is 7.66. The fraction of sp³-hybridized carbons (Fsp3) is 0.0476. The molecule has 0 aliphatic heterocycles.